The van der Waals surface area contributed by atoms with Gasteiger partial charge in [0, 0.05) is 0 Å². The first-order valence-electron chi connectivity index (χ1n) is 2.70. The summed E-state index contributed by atoms with van der Waals surface area (Å²) in [5.41, 5.74) is 0.370. The van der Waals surface area contributed by atoms with E-state index in [4.69, 9.17) is 0 Å². The second-order valence-electron chi connectivity index (χ2n) is 2.87. The van der Waals surface area contributed by atoms with E-state index in [0.29, 0.717) is 5.41 Å². The minimum absolute atomic E-state index is 0. The molecule has 0 bridgehead atoms. The Hall–Kier alpha value is -0.300. The van der Waals surface area contributed by atoms with Crippen molar-refractivity contribution in [3.05, 3.63) is 12.2 Å². The molecule has 0 saturated carbocycles. The van der Waals surface area contributed by atoms with Crippen LogP contribution in [0.1, 0.15) is 27.7 Å². The van der Waals surface area contributed by atoms with E-state index in [9.17, 15) is 0 Å². The molecule has 0 spiro atoms. The van der Waals surface area contributed by atoms with Crippen molar-refractivity contribution in [2.24, 2.45) is 5.41 Å². The molecule has 0 amide bonds. The van der Waals surface area contributed by atoms with Gasteiger partial charge >= 0.3 is 0 Å². The summed E-state index contributed by atoms with van der Waals surface area (Å²) in [6.07, 6.45) is 4.27. The molecule has 0 atom stereocenters. The second-order valence-corrected chi connectivity index (χ2v) is 2.87. The number of hydrogen-bond acceptors (Lipinski definition) is 0. The fourth-order valence-corrected chi connectivity index (χ4v) is 0.500. The van der Waals surface area contributed by atoms with E-state index in [1.807, 2.05) is 6.92 Å². The van der Waals surface area contributed by atoms with E-state index in [0.717, 1.165) is 0 Å². The third-order valence-electron chi connectivity index (χ3n) is 0.667. The maximum Gasteiger partial charge on any atom is -0.0203 e. The summed E-state index contributed by atoms with van der Waals surface area (Å²) in [6, 6.07) is 0. The van der Waals surface area contributed by atoms with E-state index < -0.39 is 0 Å². The Morgan fingerprint density at radius 2 is 1.50 bits per heavy atom. The molecule has 0 radical (unpaired) electrons. The van der Waals surface area contributed by atoms with Crippen molar-refractivity contribution in [3.63, 3.8) is 0 Å². The summed E-state index contributed by atoms with van der Waals surface area (Å²) in [7, 11) is 0. The molecule has 1 nitrogen and oxygen atoms in total. The van der Waals surface area contributed by atoms with Gasteiger partial charge in [-0.15, -0.1) is 0 Å². The highest BCUT2D eigenvalue weighted by Gasteiger charge is 2.00. The minimum atomic E-state index is 0. The predicted molar refractivity (Wildman–Crippen MR) is 37.9 cm³/mol. The molecule has 50 valence electrons. The van der Waals surface area contributed by atoms with Gasteiger partial charge in [0.15, 0.2) is 0 Å². The molecule has 0 aliphatic rings. The van der Waals surface area contributed by atoms with Crippen LogP contribution < -0.4 is 0 Å². The lowest BCUT2D eigenvalue weighted by atomic mass is 9.97. The van der Waals surface area contributed by atoms with Gasteiger partial charge in [0.2, 0.25) is 0 Å². The van der Waals surface area contributed by atoms with E-state index in [2.05, 4.69) is 32.9 Å². The van der Waals surface area contributed by atoms with Crippen LogP contribution in [0.25, 0.3) is 0 Å². The van der Waals surface area contributed by atoms with Crippen molar-refractivity contribution in [1.82, 2.24) is 0 Å². The zero-order valence-electron chi connectivity index (χ0n) is 6.15. The van der Waals surface area contributed by atoms with Gasteiger partial charge in [-0.2, -0.15) is 0 Å². The lowest BCUT2D eigenvalue weighted by Crippen LogP contribution is -1.97. The Morgan fingerprint density at radius 3 is 1.50 bits per heavy atom. The summed E-state index contributed by atoms with van der Waals surface area (Å²) < 4.78 is 0. The Balaban J connectivity index is 0. The standard InChI is InChI=1S/C7H14.H2O/c1-5-6-7(2,3)4;/h5-6H,1-4H3;1H2. The van der Waals surface area contributed by atoms with Gasteiger partial charge in [-0.3, -0.25) is 0 Å². The molecule has 0 aromatic carbocycles. The van der Waals surface area contributed by atoms with Crippen molar-refractivity contribution in [2.75, 3.05) is 0 Å². The van der Waals surface area contributed by atoms with Gasteiger partial charge in [-0.25, -0.2) is 0 Å². The van der Waals surface area contributed by atoms with Gasteiger partial charge < -0.3 is 5.48 Å². The summed E-state index contributed by atoms with van der Waals surface area (Å²) >= 11 is 0. The van der Waals surface area contributed by atoms with Crippen LogP contribution in [-0.2, 0) is 0 Å². The van der Waals surface area contributed by atoms with Gasteiger partial charge in [-0.05, 0) is 12.3 Å². The zero-order chi connectivity index (χ0) is 5.91. The molecule has 0 aromatic rings. The Morgan fingerprint density at radius 1 is 1.12 bits per heavy atom. The maximum absolute atomic E-state index is 2.19. The average Bonchev–Trinajstić information content (AvgIpc) is 1.30. The van der Waals surface area contributed by atoms with Crippen molar-refractivity contribution in [1.29, 1.82) is 0 Å². The van der Waals surface area contributed by atoms with Crippen molar-refractivity contribution in [3.8, 4) is 0 Å². The topological polar surface area (TPSA) is 31.5 Å². The van der Waals surface area contributed by atoms with Crippen LogP contribution >= 0.6 is 0 Å². The Kier molecular flexibility index (Phi) is 4.88. The van der Waals surface area contributed by atoms with Crippen LogP contribution in [0, 0.1) is 5.41 Å². The van der Waals surface area contributed by atoms with E-state index in [1.54, 1.807) is 0 Å². The molecular weight excluding hydrogens is 100 g/mol. The molecule has 0 rings (SSSR count). The highest BCUT2D eigenvalue weighted by Crippen LogP contribution is 2.13. The highest BCUT2D eigenvalue weighted by molar-refractivity contribution is 4.88. The van der Waals surface area contributed by atoms with Gasteiger partial charge in [0.25, 0.3) is 0 Å². The van der Waals surface area contributed by atoms with Gasteiger partial charge in [0.05, 0.1) is 0 Å². The molecule has 0 aliphatic heterocycles. The van der Waals surface area contributed by atoms with Crippen LogP contribution in [0.5, 0.6) is 0 Å². The zero-order valence-corrected chi connectivity index (χ0v) is 6.15. The van der Waals surface area contributed by atoms with Crippen molar-refractivity contribution < 1.29 is 5.48 Å². The minimum Gasteiger partial charge on any atom is -0.412 e. The summed E-state index contributed by atoms with van der Waals surface area (Å²) in [5.74, 6) is 0. The lowest BCUT2D eigenvalue weighted by molar-refractivity contribution is 0.543. The quantitative estimate of drug-likeness (QED) is 0.432. The molecule has 0 unspecified atom stereocenters. The normalized spacial score (nSPS) is 11.5. The number of allylic oxidation sites excluding steroid dienone is 2. The first-order chi connectivity index (χ1) is 3.06. The monoisotopic (exact) mass is 116 g/mol. The fraction of sp³-hybridized carbons (Fsp3) is 0.714. The van der Waals surface area contributed by atoms with Crippen LogP contribution in [0.15, 0.2) is 12.2 Å². The molecular formula is C7H16O. The second kappa shape index (κ2) is 3.67. The molecule has 2 N–H and O–H groups in total. The first-order valence-corrected chi connectivity index (χ1v) is 2.70. The third-order valence-corrected chi connectivity index (χ3v) is 0.667. The molecule has 0 aromatic heterocycles. The van der Waals surface area contributed by atoms with Crippen LogP contribution in [-0.4, -0.2) is 5.48 Å². The van der Waals surface area contributed by atoms with Gasteiger partial charge in [0.1, 0.15) is 0 Å². The van der Waals surface area contributed by atoms with Crippen LogP contribution in [0.4, 0.5) is 0 Å². The molecule has 0 aliphatic carbocycles. The van der Waals surface area contributed by atoms with Gasteiger partial charge in [-0.1, -0.05) is 32.9 Å². The SMILES string of the molecule is CC=CC(C)(C)C.O. The summed E-state index contributed by atoms with van der Waals surface area (Å²) in [4.78, 5) is 0. The summed E-state index contributed by atoms with van der Waals surface area (Å²) in [5, 5.41) is 0. The molecule has 0 fully saturated rings. The Bertz CT molecular complexity index is 66.9. The van der Waals surface area contributed by atoms with E-state index >= 15 is 0 Å². The molecule has 1 heteroatoms. The largest absolute Gasteiger partial charge is 0.412 e. The number of hydrogen-bond donors (Lipinski definition) is 0. The average molecular weight is 116 g/mol. The highest BCUT2D eigenvalue weighted by atomic mass is 16.0. The smallest absolute Gasteiger partial charge is 0.0203 e. The first kappa shape index (κ1) is 10.6. The molecule has 0 heterocycles. The third kappa shape index (κ3) is 9.20. The van der Waals surface area contributed by atoms with Crippen molar-refractivity contribution in [2.45, 2.75) is 27.7 Å². The summed E-state index contributed by atoms with van der Waals surface area (Å²) in [6.45, 7) is 8.61. The van der Waals surface area contributed by atoms with Crippen LogP contribution in [0.2, 0.25) is 0 Å². The fourth-order valence-electron chi connectivity index (χ4n) is 0.500. The van der Waals surface area contributed by atoms with Crippen molar-refractivity contribution >= 4 is 0 Å². The maximum atomic E-state index is 2.19. The number of rotatable bonds is 0. The molecule has 8 heavy (non-hydrogen) atoms. The van der Waals surface area contributed by atoms with E-state index in [1.165, 1.54) is 0 Å². The van der Waals surface area contributed by atoms with E-state index in [-0.39, 0.29) is 5.48 Å². The molecule has 0 saturated heterocycles. The predicted octanol–water partition coefficient (Wildman–Crippen LogP) is 1.78. The Labute approximate surface area is 51.7 Å². The lowest BCUT2D eigenvalue weighted by Gasteiger charge is -2.09. The van der Waals surface area contributed by atoms with Crippen LogP contribution in [0.3, 0.4) is 0 Å².